The topological polar surface area (TPSA) is 79.8 Å². The first kappa shape index (κ1) is 16.1. The molecule has 136 valence electrons. The number of fused-ring (bicyclic) bond motifs is 3. The summed E-state index contributed by atoms with van der Waals surface area (Å²) in [6.07, 6.45) is 3.17. The maximum atomic E-state index is 12.4. The molecule has 1 fully saturated rings. The van der Waals surface area contributed by atoms with E-state index in [1.54, 1.807) is 23.4 Å². The Bertz CT molecular complexity index is 1130. The van der Waals surface area contributed by atoms with Gasteiger partial charge in [0.25, 0.3) is 5.91 Å². The molecule has 27 heavy (non-hydrogen) atoms. The molecule has 0 radical (unpaired) electrons. The second kappa shape index (κ2) is 6.24. The Morgan fingerprint density at radius 1 is 1.15 bits per heavy atom. The third-order valence-electron chi connectivity index (χ3n) is 4.77. The minimum Gasteiger partial charge on any atom is -0.459 e. The van der Waals surface area contributed by atoms with Gasteiger partial charge in [0.1, 0.15) is 6.33 Å². The van der Waals surface area contributed by atoms with Crippen molar-refractivity contribution in [1.82, 2.24) is 24.5 Å². The van der Waals surface area contributed by atoms with E-state index in [2.05, 4.69) is 15.1 Å². The van der Waals surface area contributed by atoms with Crippen molar-refractivity contribution in [3.05, 3.63) is 53.7 Å². The third-order valence-corrected chi connectivity index (χ3v) is 5.00. The summed E-state index contributed by atoms with van der Waals surface area (Å²) in [7, 11) is 0. The Morgan fingerprint density at radius 3 is 2.78 bits per heavy atom. The van der Waals surface area contributed by atoms with Crippen molar-refractivity contribution in [2.24, 2.45) is 0 Å². The van der Waals surface area contributed by atoms with Gasteiger partial charge in [0.05, 0.1) is 17.3 Å². The number of hydrogen-bond acceptors (Lipinski definition) is 6. The van der Waals surface area contributed by atoms with Crippen LogP contribution >= 0.6 is 11.6 Å². The number of anilines is 1. The maximum absolute atomic E-state index is 12.4. The molecular formula is C18H15ClN6O2. The molecule has 4 heterocycles. The summed E-state index contributed by atoms with van der Waals surface area (Å²) in [6, 6.07) is 8.96. The fourth-order valence-electron chi connectivity index (χ4n) is 3.40. The van der Waals surface area contributed by atoms with Crippen molar-refractivity contribution in [2.45, 2.75) is 0 Å². The van der Waals surface area contributed by atoms with Crippen molar-refractivity contribution in [1.29, 1.82) is 0 Å². The molecule has 0 atom stereocenters. The molecule has 1 saturated heterocycles. The largest absolute Gasteiger partial charge is 0.459 e. The first-order valence-electron chi connectivity index (χ1n) is 8.57. The number of aromatic nitrogens is 4. The number of halogens is 1. The molecule has 5 rings (SSSR count). The van der Waals surface area contributed by atoms with E-state index in [1.807, 2.05) is 22.6 Å². The van der Waals surface area contributed by atoms with Crippen LogP contribution in [0.25, 0.3) is 16.7 Å². The van der Waals surface area contributed by atoms with Gasteiger partial charge in [-0.2, -0.15) is 0 Å². The Balaban J connectivity index is 1.45. The van der Waals surface area contributed by atoms with Crippen LogP contribution in [0.3, 0.4) is 0 Å². The molecule has 0 N–H and O–H groups in total. The summed E-state index contributed by atoms with van der Waals surface area (Å²) in [6.45, 7) is 2.47. The zero-order chi connectivity index (χ0) is 18.4. The number of carbonyl (C=O) groups excluding carboxylic acids is 1. The molecule has 1 amide bonds. The van der Waals surface area contributed by atoms with Gasteiger partial charge < -0.3 is 14.2 Å². The van der Waals surface area contributed by atoms with Gasteiger partial charge in [-0.1, -0.05) is 11.6 Å². The van der Waals surface area contributed by atoms with Gasteiger partial charge in [-0.05, 0) is 30.3 Å². The van der Waals surface area contributed by atoms with Gasteiger partial charge in [0, 0.05) is 31.2 Å². The lowest BCUT2D eigenvalue weighted by atomic mass is 10.2. The molecule has 0 aliphatic carbocycles. The second-order valence-electron chi connectivity index (χ2n) is 6.35. The van der Waals surface area contributed by atoms with Crippen molar-refractivity contribution in [3.63, 3.8) is 0 Å². The number of rotatable bonds is 2. The third kappa shape index (κ3) is 2.69. The number of furan rings is 1. The van der Waals surface area contributed by atoms with E-state index in [9.17, 15) is 4.79 Å². The minimum atomic E-state index is -0.0895. The molecule has 0 unspecified atom stereocenters. The lowest BCUT2D eigenvalue weighted by molar-refractivity contribution is 0.0714. The first-order valence-corrected chi connectivity index (χ1v) is 8.95. The molecule has 0 saturated carbocycles. The smallest absolute Gasteiger partial charge is 0.289 e. The fraction of sp³-hybridized carbons (Fsp3) is 0.222. The summed E-state index contributed by atoms with van der Waals surface area (Å²) < 4.78 is 7.11. The SMILES string of the molecule is O=C(c1ccco1)N1CCN(c2nc3ccc(Cl)cc3n3cnnc23)CC1. The van der Waals surface area contributed by atoms with Crippen LogP contribution in [0.15, 0.2) is 47.3 Å². The maximum Gasteiger partial charge on any atom is 0.289 e. The molecule has 9 heteroatoms. The summed E-state index contributed by atoms with van der Waals surface area (Å²) >= 11 is 6.13. The molecule has 1 aliphatic heterocycles. The molecule has 4 aromatic rings. The average molecular weight is 383 g/mol. The van der Waals surface area contributed by atoms with Crippen LogP contribution in [0.5, 0.6) is 0 Å². The van der Waals surface area contributed by atoms with Crippen LogP contribution in [0.4, 0.5) is 5.82 Å². The highest BCUT2D eigenvalue weighted by molar-refractivity contribution is 6.31. The Morgan fingerprint density at radius 2 is 2.00 bits per heavy atom. The molecule has 8 nitrogen and oxygen atoms in total. The number of piperazine rings is 1. The number of hydrogen-bond donors (Lipinski definition) is 0. The Hall–Kier alpha value is -3.13. The fourth-order valence-corrected chi connectivity index (χ4v) is 3.57. The van der Waals surface area contributed by atoms with E-state index in [0.717, 1.165) is 16.9 Å². The summed E-state index contributed by atoms with van der Waals surface area (Å²) in [5.41, 5.74) is 2.35. The van der Waals surface area contributed by atoms with Gasteiger partial charge in [-0.25, -0.2) is 4.98 Å². The standard InChI is InChI=1S/C18H15ClN6O2/c19-12-3-4-13-14(10-12)25-11-20-22-17(25)16(21-13)23-5-7-24(8-6-23)18(26)15-2-1-9-27-15/h1-4,9-11H,5-8H2. The van der Waals surface area contributed by atoms with Crippen LogP contribution in [-0.4, -0.2) is 56.6 Å². The molecule has 1 aromatic carbocycles. The molecular weight excluding hydrogens is 368 g/mol. The van der Waals surface area contributed by atoms with Gasteiger partial charge >= 0.3 is 0 Å². The normalized spacial score (nSPS) is 15.0. The highest BCUT2D eigenvalue weighted by atomic mass is 35.5. The predicted octanol–water partition coefficient (Wildman–Crippen LogP) is 2.49. The molecule has 3 aromatic heterocycles. The summed E-state index contributed by atoms with van der Waals surface area (Å²) in [5.74, 6) is 1.03. The van der Waals surface area contributed by atoms with Crippen LogP contribution in [0.1, 0.15) is 10.6 Å². The Kier molecular flexibility index (Phi) is 3.71. The highest BCUT2D eigenvalue weighted by Gasteiger charge is 2.26. The lowest BCUT2D eigenvalue weighted by Gasteiger charge is -2.35. The average Bonchev–Trinajstić information content (AvgIpc) is 3.39. The van der Waals surface area contributed by atoms with Crippen LogP contribution in [-0.2, 0) is 0 Å². The van der Waals surface area contributed by atoms with Gasteiger partial charge in [0.15, 0.2) is 11.6 Å². The quantitative estimate of drug-likeness (QED) is 0.530. The minimum absolute atomic E-state index is 0.0895. The van der Waals surface area contributed by atoms with Crippen molar-refractivity contribution < 1.29 is 9.21 Å². The van der Waals surface area contributed by atoms with Crippen LogP contribution in [0, 0.1) is 0 Å². The monoisotopic (exact) mass is 382 g/mol. The van der Waals surface area contributed by atoms with Crippen LogP contribution < -0.4 is 4.90 Å². The first-order chi connectivity index (χ1) is 13.2. The predicted molar refractivity (Wildman–Crippen MR) is 100 cm³/mol. The van der Waals surface area contributed by atoms with Crippen molar-refractivity contribution in [3.8, 4) is 0 Å². The van der Waals surface area contributed by atoms with E-state index < -0.39 is 0 Å². The van der Waals surface area contributed by atoms with Gasteiger partial charge in [-0.15, -0.1) is 10.2 Å². The van der Waals surface area contributed by atoms with E-state index >= 15 is 0 Å². The number of nitrogens with zero attached hydrogens (tertiary/aromatic N) is 6. The zero-order valence-corrected chi connectivity index (χ0v) is 15.0. The van der Waals surface area contributed by atoms with E-state index in [1.165, 1.54) is 6.26 Å². The van der Waals surface area contributed by atoms with Gasteiger partial charge in [-0.3, -0.25) is 9.20 Å². The number of amides is 1. The van der Waals surface area contributed by atoms with Crippen LogP contribution in [0.2, 0.25) is 5.02 Å². The number of carbonyl (C=O) groups is 1. The van der Waals surface area contributed by atoms with Crippen molar-refractivity contribution in [2.75, 3.05) is 31.1 Å². The lowest BCUT2D eigenvalue weighted by Crippen LogP contribution is -2.49. The van der Waals surface area contributed by atoms with Gasteiger partial charge in [0.2, 0.25) is 5.65 Å². The second-order valence-corrected chi connectivity index (χ2v) is 6.79. The Labute approximate surface area is 159 Å². The van der Waals surface area contributed by atoms with E-state index in [-0.39, 0.29) is 5.91 Å². The van der Waals surface area contributed by atoms with Crippen molar-refractivity contribution >= 4 is 40.0 Å². The van der Waals surface area contributed by atoms with E-state index in [4.69, 9.17) is 21.0 Å². The van der Waals surface area contributed by atoms with E-state index in [0.29, 0.717) is 42.6 Å². The number of benzene rings is 1. The highest BCUT2D eigenvalue weighted by Crippen LogP contribution is 2.26. The zero-order valence-electron chi connectivity index (χ0n) is 14.2. The summed E-state index contributed by atoms with van der Waals surface area (Å²) in [5, 5.41) is 8.91. The molecule has 1 aliphatic rings. The molecule has 0 spiro atoms. The molecule has 0 bridgehead atoms. The summed E-state index contributed by atoms with van der Waals surface area (Å²) in [4.78, 5) is 21.1.